The molecular formula is C9H15N3O4S. The molecule has 0 amide bonds. The fourth-order valence-corrected chi connectivity index (χ4v) is 2.68. The molecule has 0 aliphatic carbocycles. The van der Waals surface area contributed by atoms with Crippen LogP contribution in [0.15, 0.2) is 17.3 Å². The van der Waals surface area contributed by atoms with Crippen LogP contribution in [0.2, 0.25) is 0 Å². The van der Waals surface area contributed by atoms with E-state index in [-0.39, 0.29) is 11.6 Å². The highest BCUT2D eigenvalue weighted by Gasteiger charge is 2.36. The molecule has 0 saturated carbocycles. The van der Waals surface area contributed by atoms with Crippen molar-refractivity contribution in [1.82, 2.24) is 14.9 Å². The van der Waals surface area contributed by atoms with Crippen molar-refractivity contribution in [2.24, 2.45) is 0 Å². The highest BCUT2D eigenvalue weighted by atomic mass is 32.2. The van der Waals surface area contributed by atoms with E-state index in [2.05, 4.69) is 14.9 Å². The first-order valence-corrected chi connectivity index (χ1v) is 6.68. The third kappa shape index (κ3) is 2.65. The van der Waals surface area contributed by atoms with Gasteiger partial charge >= 0.3 is 0 Å². The molecule has 1 unspecified atom stereocenters. The summed E-state index contributed by atoms with van der Waals surface area (Å²) in [6, 6.07) is 1.40. The maximum absolute atomic E-state index is 11.8. The first-order chi connectivity index (χ1) is 8.08. The smallest absolute Gasteiger partial charge is 0.257 e. The number of H-pyrrole nitrogens is 1. The molecule has 0 spiro atoms. The lowest BCUT2D eigenvalue weighted by Gasteiger charge is -2.25. The third-order valence-corrected chi connectivity index (χ3v) is 4.18. The first-order valence-electron chi connectivity index (χ1n) is 5.20. The summed E-state index contributed by atoms with van der Waals surface area (Å²) in [5.74, 6) is 0. The van der Waals surface area contributed by atoms with Crippen LogP contribution >= 0.6 is 0 Å². The van der Waals surface area contributed by atoms with E-state index >= 15 is 0 Å². The van der Waals surface area contributed by atoms with Gasteiger partial charge in [0.15, 0.2) is 5.03 Å². The monoisotopic (exact) mass is 261 g/mol. The van der Waals surface area contributed by atoms with E-state index in [0.717, 1.165) is 0 Å². The minimum atomic E-state index is -3.56. The van der Waals surface area contributed by atoms with Gasteiger partial charge in [0.2, 0.25) is 0 Å². The van der Waals surface area contributed by atoms with Gasteiger partial charge < -0.3 is 9.47 Å². The Bertz CT molecular complexity index is 451. The van der Waals surface area contributed by atoms with Crippen molar-refractivity contribution in [3.63, 3.8) is 0 Å². The van der Waals surface area contributed by atoms with Crippen LogP contribution in [0, 0.1) is 0 Å². The van der Waals surface area contributed by atoms with Crippen molar-refractivity contribution >= 4 is 10.0 Å². The number of sulfonamides is 1. The van der Waals surface area contributed by atoms with E-state index in [1.165, 1.54) is 12.3 Å². The van der Waals surface area contributed by atoms with Crippen LogP contribution in [-0.2, 0) is 19.5 Å². The zero-order chi connectivity index (χ0) is 12.4. The molecule has 96 valence electrons. The Balaban J connectivity index is 2.02. The Morgan fingerprint density at radius 3 is 3.06 bits per heavy atom. The van der Waals surface area contributed by atoms with E-state index in [4.69, 9.17) is 9.47 Å². The molecule has 2 heterocycles. The molecule has 1 fully saturated rings. The van der Waals surface area contributed by atoms with Crippen LogP contribution in [0.4, 0.5) is 0 Å². The average molecular weight is 261 g/mol. The van der Waals surface area contributed by atoms with Gasteiger partial charge in [-0.1, -0.05) is 0 Å². The maximum Gasteiger partial charge on any atom is 0.257 e. The van der Waals surface area contributed by atoms with Crippen LogP contribution in [0.25, 0.3) is 0 Å². The molecule has 1 aliphatic heterocycles. The summed E-state index contributed by atoms with van der Waals surface area (Å²) in [4.78, 5) is 0. The number of aromatic nitrogens is 2. The van der Waals surface area contributed by atoms with Crippen LogP contribution in [0.3, 0.4) is 0 Å². The second-order valence-electron chi connectivity index (χ2n) is 3.94. The fourth-order valence-electron chi connectivity index (χ4n) is 1.66. The van der Waals surface area contributed by atoms with Crippen molar-refractivity contribution in [1.29, 1.82) is 0 Å². The number of methoxy groups -OCH3 is 1. The van der Waals surface area contributed by atoms with Crippen molar-refractivity contribution in [3.8, 4) is 0 Å². The third-order valence-electron chi connectivity index (χ3n) is 2.85. The van der Waals surface area contributed by atoms with Crippen molar-refractivity contribution < 1.29 is 17.9 Å². The van der Waals surface area contributed by atoms with Crippen LogP contribution in [-0.4, -0.2) is 51.1 Å². The molecule has 8 heteroatoms. The van der Waals surface area contributed by atoms with Crippen LogP contribution < -0.4 is 4.72 Å². The van der Waals surface area contributed by atoms with Gasteiger partial charge in [-0.2, -0.15) is 5.10 Å². The first kappa shape index (κ1) is 12.5. The number of rotatable bonds is 5. The van der Waals surface area contributed by atoms with E-state index in [9.17, 15) is 8.42 Å². The van der Waals surface area contributed by atoms with Crippen molar-refractivity contribution in [3.05, 3.63) is 12.3 Å². The SMILES string of the molecule is COC1(CNS(=O)(=O)c2ccn[nH]2)CCOC1. The van der Waals surface area contributed by atoms with Gasteiger partial charge in [0.1, 0.15) is 5.60 Å². The molecule has 1 atom stereocenters. The fraction of sp³-hybridized carbons (Fsp3) is 0.667. The minimum Gasteiger partial charge on any atom is -0.378 e. The molecular weight excluding hydrogens is 246 g/mol. The highest BCUT2D eigenvalue weighted by molar-refractivity contribution is 7.89. The average Bonchev–Trinajstić information content (AvgIpc) is 2.99. The zero-order valence-electron chi connectivity index (χ0n) is 9.47. The van der Waals surface area contributed by atoms with Gasteiger partial charge in [0, 0.05) is 26.7 Å². The Hall–Kier alpha value is -0.960. The lowest BCUT2D eigenvalue weighted by molar-refractivity contribution is -0.0120. The number of aromatic amines is 1. The molecule has 0 aromatic carbocycles. The normalized spacial score (nSPS) is 25.2. The Kier molecular flexibility index (Phi) is 3.48. The zero-order valence-corrected chi connectivity index (χ0v) is 10.3. The maximum atomic E-state index is 11.8. The second kappa shape index (κ2) is 4.73. The quantitative estimate of drug-likeness (QED) is 0.745. The largest absolute Gasteiger partial charge is 0.378 e. The summed E-state index contributed by atoms with van der Waals surface area (Å²) in [7, 11) is -2.00. The summed E-state index contributed by atoms with van der Waals surface area (Å²) in [6.07, 6.45) is 2.06. The van der Waals surface area contributed by atoms with Gasteiger partial charge in [0.05, 0.1) is 12.8 Å². The van der Waals surface area contributed by atoms with E-state index < -0.39 is 15.6 Å². The summed E-state index contributed by atoms with van der Waals surface area (Å²) >= 11 is 0. The number of hydrogen-bond donors (Lipinski definition) is 2. The standard InChI is InChI=1S/C9H15N3O4S/c1-15-9(3-5-16-7-9)6-11-17(13,14)8-2-4-10-12-8/h2,4,11H,3,5-7H2,1H3,(H,10,12). The minimum absolute atomic E-state index is 0.0441. The molecule has 1 saturated heterocycles. The molecule has 0 radical (unpaired) electrons. The number of nitrogens with one attached hydrogen (secondary N) is 2. The van der Waals surface area contributed by atoms with Crippen LogP contribution in [0.5, 0.6) is 0 Å². The predicted molar refractivity (Wildman–Crippen MR) is 59.0 cm³/mol. The van der Waals surface area contributed by atoms with E-state index in [1.54, 1.807) is 7.11 Å². The Labute approximate surface area is 99.6 Å². The predicted octanol–water partition coefficient (Wildman–Crippen LogP) is -0.506. The molecule has 0 bridgehead atoms. The summed E-state index contributed by atoms with van der Waals surface area (Å²) < 4.78 is 36.7. The second-order valence-corrected chi connectivity index (χ2v) is 5.67. The number of hydrogen-bond acceptors (Lipinski definition) is 5. The van der Waals surface area contributed by atoms with Gasteiger partial charge in [-0.25, -0.2) is 13.1 Å². The van der Waals surface area contributed by atoms with E-state index in [1.807, 2.05) is 0 Å². The van der Waals surface area contributed by atoms with Crippen molar-refractivity contribution in [2.45, 2.75) is 17.0 Å². The topological polar surface area (TPSA) is 93.3 Å². The molecule has 2 rings (SSSR count). The summed E-state index contributed by atoms with van der Waals surface area (Å²) in [5.41, 5.74) is -0.562. The molecule has 1 aromatic heterocycles. The molecule has 7 nitrogen and oxygen atoms in total. The molecule has 2 N–H and O–H groups in total. The molecule has 17 heavy (non-hydrogen) atoms. The van der Waals surface area contributed by atoms with Gasteiger partial charge in [-0.3, -0.25) is 5.10 Å². The number of ether oxygens (including phenoxy) is 2. The Morgan fingerprint density at radius 1 is 1.71 bits per heavy atom. The highest BCUT2D eigenvalue weighted by Crippen LogP contribution is 2.22. The Morgan fingerprint density at radius 2 is 2.53 bits per heavy atom. The van der Waals surface area contributed by atoms with Crippen LogP contribution in [0.1, 0.15) is 6.42 Å². The van der Waals surface area contributed by atoms with Gasteiger partial charge in [-0.05, 0) is 6.07 Å². The van der Waals surface area contributed by atoms with Crippen molar-refractivity contribution in [2.75, 3.05) is 26.9 Å². The molecule has 1 aromatic rings. The molecule has 1 aliphatic rings. The number of nitrogens with zero attached hydrogens (tertiary/aromatic N) is 1. The summed E-state index contributed by atoms with van der Waals surface area (Å²) in [6.45, 7) is 1.17. The summed E-state index contributed by atoms with van der Waals surface area (Å²) in [5, 5.41) is 6.06. The lowest BCUT2D eigenvalue weighted by Crippen LogP contribution is -2.45. The van der Waals surface area contributed by atoms with E-state index in [0.29, 0.717) is 19.6 Å². The van der Waals surface area contributed by atoms with Gasteiger partial charge in [-0.15, -0.1) is 0 Å². The lowest BCUT2D eigenvalue weighted by atomic mass is 10.0. The van der Waals surface area contributed by atoms with Gasteiger partial charge in [0.25, 0.3) is 10.0 Å².